The first-order chi connectivity index (χ1) is 5.43. The molecule has 1 saturated carbocycles. The minimum absolute atomic E-state index is 0.707. The topological polar surface area (TPSA) is 29.1 Å². The third-order valence-corrected chi connectivity index (χ3v) is 2.09. The van der Waals surface area contributed by atoms with Crippen LogP contribution in [0.2, 0.25) is 0 Å². The molecule has 1 rings (SSSR count). The average Bonchev–Trinajstić information content (AvgIpc) is 2.07. The Morgan fingerprint density at radius 2 is 2.00 bits per heavy atom. The van der Waals surface area contributed by atoms with E-state index in [0.717, 1.165) is 6.41 Å². The van der Waals surface area contributed by atoms with Crippen molar-refractivity contribution >= 4 is 6.41 Å². The second-order valence-corrected chi connectivity index (χ2v) is 2.95. The van der Waals surface area contributed by atoms with E-state index >= 15 is 0 Å². The summed E-state index contributed by atoms with van der Waals surface area (Å²) in [6.45, 7) is 0.707. The zero-order chi connectivity index (χ0) is 7.94. The monoisotopic (exact) mass is 153 g/mol. The van der Waals surface area contributed by atoms with E-state index in [1.54, 1.807) is 0 Å². The molecule has 62 valence electrons. The first-order valence-electron chi connectivity index (χ1n) is 4.28. The van der Waals surface area contributed by atoms with Gasteiger partial charge in [-0.1, -0.05) is 18.1 Å². The van der Waals surface area contributed by atoms with Gasteiger partial charge in [-0.3, -0.25) is 4.79 Å². The maximum Gasteiger partial charge on any atom is 0.207 e. The minimum atomic E-state index is 0.707. The van der Waals surface area contributed by atoms with Gasteiger partial charge in [0.05, 0.1) is 0 Å². The van der Waals surface area contributed by atoms with Crippen molar-refractivity contribution in [2.45, 2.75) is 32.1 Å². The fourth-order valence-electron chi connectivity index (χ4n) is 1.46. The van der Waals surface area contributed by atoms with Crippen molar-refractivity contribution in [3.05, 3.63) is 11.6 Å². The zero-order valence-corrected chi connectivity index (χ0v) is 6.81. The van der Waals surface area contributed by atoms with Crippen molar-refractivity contribution in [3.63, 3.8) is 0 Å². The molecule has 0 atom stereocenters. The van der Waals surface area contributed by atoms with Gasteiger partial charge in [0.15, 0.2) is 0 Å². The van der Waals surface area contributed by atoms with Gasteiger partial charge in [0.25, 0.3) is 0 Å². The third-order valence-electron chi connectivity index (χ3n) is 2.09. The normalized spacial score (nSPS) is 17.6. The number of rotatable bonds is 3. The number of carbonyl (C=O) groups excluding carboxylic acids is 1. The van der Waals surface area contributed by atoms with E-state index in [1.807, 2.05) is 0 Å². The molecule has 0 saturated heterocycles. The van der Waals surface area contributed by atoms with Gasteiger partial charge in [0.1, 0.15) is 0 Å². The van der Waals surface area contributed by atoms with Crippen LogP contribution in [-0.2, 0) is 4.79 Å². The molecule has 0 spiro atoms. The first kappa shape index (κ1) is 8.31. The van der Waals surface area contributed by atoms with E-state index in [1.165, 1.54) is 37.7 Å². The highest BCUT2D eigenvalue weighted by atomic mass is 16.1. The van der Waals surface area contributed by atoms with Crippen LogP contribution in [0.3, 0.4) is 0 Å². The summed E-state index contributed by atoms with van der Waals surface area (Å²) in [5.74, 6) is 0. The van der Waals surface area contributed by atoms with E-state index in [4.69, 9.17) is 0 Å². The molecule has 1 amide bonds. The predicted octanol–water partition coefficient (Wildman–Crippen LogP) is 1.62. The van der Waals surface area contributed by atoms with Gasteiger partial charge in [0.2, 0.25) is 6.41 Å². The molecule has 0 aromatic heterocycles. The molecule has 1 aliphatic rings. The van der Waals surface area contributed by atoms with Gasteiger partial charge in [-0.15, -0.1) is 0 Å². The highest BCUT2D eigenvalue weighted by molar-refractivity contribution is 5.46. The Morgan fingerprint density at radius 1 is 1.27 bits per heavy atom. The molecule has 0 radical (unpaired) electrons. The summed E-state index contributed by atoms with van der Waals surface area (Å²) in [5, 5.41) is 2.64. The number of hydrogen-bond acceptors (Lipinski definition) is 1. The average molecular weight is 153 g/mol. The quantitative estimate of drug-likeness (QED) is 0.372. The summed E-state index contributed by atoms with van der Waals surface area (Å²) in [5.41, 5.74) is 1.52. The lowest BCUT2D eigenvalue weighted by atomic mass is 9.95. The Bertz CT molecular complexity index is 144. The highest BCUT2D eigenvalue weighted by Gasteiger charge is 2.03. The molecular formula is C9H15NO. The molecule has 0 unspecified atom stereocenters. The Kier molecular flexibility index (Phi) is 3.73. The molecule has 2 nitrogen and oxygen atoms in total. The number of hydrogen-bond donors (Lipinski definition) is 1. The number of nitrogens with one attached hydrogen (secondary N) is 1. The molecule has 2 heteroatoms. The molecule has 1 aliphatic carbocycles. The zero-order valence-electron chi connectivity index (χ0n) is 6.81. The van der Waals surface area contributed by atoms with Crippen LogP contribution >= 0.6 is 0 Å². The Morgan fingerprint density at radius 3 is 2.64 bits per heavy atom. The summed E-state index contributed by atoms with van der Waals surface area (Å²) in [7, 11) is 0. The van der Waals surface area contributed by atoms with Gasteiger partial charge in [-0.2, -0.15) is 0 Å². The van der Waals surface area contributed by atoms with Crippen LogP contribution in [0, 0.1) is 0 Å². The van der Waals surface area contributed by atoms with Gasteiger partial charge < -0.3 is 5.32 Å². The van der Waals surface area contributed by atoms with Crippen molar-refractivity contribution in [3.8, 4) is 0 Å². The molecule has 0 bridgehead atoms. The molecule has 11 heavy (non-hydrogen) atoms. The number of carbonyl (C=O) groups is 1. The third kappa shape index (κ3) is 3.21. The standard InChI is InChI=1S/C9H15NO/c11-8-10-7-6-9-4-2-1-3-5-9/h6,8H,1-5,7H2,(H,10,11). The molecule has 0 heterocycles. The second kappa shape index (κ2) is 4.94. The fourth-order valence-corrected chi connectivity index (χ4v) is 1.46. The summed E-state index contributed by atoms with van der Waals surface area (Å²) in [6, 6.07) is 0. The van der Waals surface area contributed by atoms with Crippen LogP contribution in [0.15, 0.2) is 11.6 Å². The van der Waals surface area contributed by atoms with E-state index in [9.17, 15) is 4.79 Å². The van der Waals surface area contributed by atoms with Crippen LogP contribution in [0.5, 0.6) is 0 Å². The van der Waals surface area contributed by atoms with Crippen molar-refractivity contribution in [1.82, 2.24) is 5.32 Å². The van der Waals surface area contributed by atoms with Gasteiger partial charge in [0, 0.05) is 6.54 Å². The van der Waals surface area contributed by atoms with Gasteiger partial charge in [-0.05, 0) is 25.7 Å². The minimum Gasteiger partial charge on any atom is -0.355 e. The van der Waals surface area contributed by atoms with Crippen molar-refractivity contribution < 1.29 is 4.79 Å². The van der Waals surface area contributed by atoms with E-state index in [0.29, 0.717) is 6.54 Å². The Labute approximate surface area is 67.7 Å². The summed E-state index contributed by atoms with van der Waals surface area (Å²) >= 11 is 0. The molecule has 1 fully saturated rings. The van der Waals surface area contributed by atoms with Crippen LogP contribution in [0.1, 0.15) is 32.1 Å². The lowest BCUT2D eigenvalue weighted by molar-refractivity contribution is -0.109. The molecule has 0 aliphatic heterocycles. The van der Waals surface area contributed by atoms with Crippen LogP contribution < -0.4 is 5.32 Å². The van der Waals surface area contributed by atoms with Crippen molar-refractivity contribution in [2.24, 2.45) is 0 Å². The maximum atomic E-state index is 9.91. The fraction of sp³-hybridized carbons (Fsp3) is 0.667. The second-order valence-electron chi connectivity index (χ2n) is 2.95. The predicted molar refractivity (Wildman–Crippen MR) is 45.2 cm³/mol. The molecule has 0 aromatic rings. The van der Waals surface area contributed by atoms with Crippen molar-refractivity contribution in [2.75, 3.05) is 6.54 Å². The Balaban J connectivity index is 2.20. The molecule has 0 aromatic carbocycles. The number of allylic oxidation sites excluding steroid dienone is 1. The lowest BCUT2D eigenvalue weighted by Gasteiger charge is -2.12. The number of amides is 1. The summed E-state index contributed by atoms with van der Waals surface area (Å²) in [6.07, 6.45) is 9.40. The first-order valence-corrected chi connectivity index (χ1v) is 4.28. The van der Waals surface area contributed by atoms with Crippen LogP contribution in [-0.4, -0.2) is 13.0 Å². The van der Waals surface area contributed by atoms with Crippen LogP contribution in [0.4, 0.5) is 0 Å². The van der Waals surface area contributed by atoms with Crippen molar-refractivity contribution in [1.29, 1.82) is 0 Å². The smallest absolute Gasteiger partial charge is 0.207 e. The summed E-state index contributed by atoms with van der Waals surface area (Å²) < 4.78 is 0. The van der Waals surface area contributed by atoms with E-state index < -0.39 is 0 Å². The van der Waals surface area contributed by atoms with E-state index in [2.05, 4.69) is 11.4 Å². The highest BCUT2D eigenvalue weighted by Crippen LogP contribution is 2.21. The molecular weight excluding hydrogens is 138 g/mol. The SMILES string of the molecule is O=CNCC=C1CCCCC1. The largest absolute Gasteiger partial charge is 0.355 e. The van der Waals surface area contributed by atoms with Crippen LogP contribution in [0.25, 0.3) is 0 Å². The Hall–Kier alpha value is -0.790. The maximum absolute atomic E-state index is 9.91. The van der Waals surface area contributed by atoms with E-state index in [-0.39, 0.29) is 0 Å². The van der Waals surface area contributed by atoms with Gasteiger partial charge >= 0.3 is 0 Å². The van der Waals surface area contributed by atoms with Gasteiger partial charge in [-0.25, -0.2) is 0 Å². The lowest BCUT2D eigenvalue weighted by Crippen LogP contribution is -2.10. The molecule has 1 N–H and O–H groups in total. The summed E-state index contributed by atoms with van der Waals surface area (Å²) in [4.78, 5) is 9.91.